The number of ketones is 1. The van der Waals surface area contributed by atoms with Gasteiger partial charge in [0.05, 0.1) is 19.8 Å². The van der Waals surface area contributed by atoms with Crippen LogP contribution in [0.1, 0.15) is 36.1 Å². The van der Waals surface area contributed by atoms with Crippen LogP contribution in [-0.2, 0) is 43.2 Å². The van der Waals surface area contributed by atoms with Crippen LogP contribution in [0.15, 0.2) is 84.4 Å². The van der Waals surface area contributed by atoms with Crippen LogP contribution < -0.4 is 20.7 Å². The molecular weight excluding hydrogens is 558 g/mol. The molecule has 1 heterocycles. The topological polar surface area (TPSA) is 126 Å². The maximum Gasteiger partial charge on any atom is 0.248 e. The van der Waals surface area contributed by atoms with Gasteiger partial charge in [-0.25, -0.2) is 0 Å². The van der Waals surface area contributed by atoms with Crippen LogP contribution in [0.3, 0.4) is 0 Å². The van der Waals surface area contributed by atoms with Gasteiger partial charge in [0.25, 0.3) is 0 Å². The molecule has 0 radical (unpaired) electrons. The lowest BCUT2D eigenvalue weighted by atomic mass is 9.94. The molecule has 2 aliphatic rings. The Morgan fingerprint density at radius 3 is 2.09 bits per heavy atom. The van der Waals surface area contributed by atoms with Crippen molar-refractivity contribution in [2.75, 3.05) is 13.7 Å². The van der Waals surface area contributed by atoms with Crippen molar-refractivity contribution in [3.8, 4) is 5.75 Å². The summed E-state index contributed by atoms with van der Waals surface area (Å²) in [6.45, 7) is 3.57. The standard InChI is InChI=1S/C35H37N3O6/c1-22(36-33(41)27-19-25-11-7-8-12-26(25)20-27)32(40)38-30(18-24-13-15-28(43-3)16-14-24)34(42)37-29(31(39)35(2)21-44-35)17-23-9-5-4-6-10-23/h4-16,19,22,29-30H,17-18,20-21H2,1-3H3,(H,36,41)(H,37,42)(H,38,40)/t22-,29+,30+,35+/m1/s1. The SMILES string of the molecule is COc1ccc(C[C@H](NC(=O)[C@@H](C)NC(=O)C2=Cc3ccccc3C2)C(=O)N[C@@H](Cc2ccccc2)C(=O)[C@]2(C)CO2)cc1. The zero-order valence-corrected chi connectivity index (χ0v) is 25.1. The van der Waals surface area contributed by atoms with Gasteiger partial charge in [0.1, 0.15) is 23.4 Å². The summed E-state index contributed by atoms with van der Waals surface area (Å²) in [7, 11) is 1.56. The highest BCUT2D eigenvalue weighted by atomic mass is 16.6. The van der Waals surface area contributed by atoms with Crippen molar-refractivity contribution in [2.24, 2.45) is 0 Å². The molecule has 0 bridgehead atoms. The average Bonchev–Trinajstić information content (AvgIpc) is 3.63. The molecule has 0 spiro atoms. The van der Waals surface area contributed by atoms with E-state index >= 15 is 0 Å². The number of ether oxygens (including phenoxy) is 2. The summed E-state index contributed by atoms with van der Waals surface area (Å²) in [4.78, 5) is 53.5. The monoisotopic (exact) mass is 595 g/mol. The minimum atomic E-state index is -1.02. The first-order chi connectivity index (χ1) is 21.1. The van der Waals surface area contributed by atoms with Crippen LogP contribution in [0, 0.1) is 0 Å². The van der Waals surface area contributed by atoms with Gasteiger partial charge >= 0.3 is 0 Å². The lowest BCUT2D eigenvalue weighted by molar-refractivity contribution is -0.133. The molecule has 3 N–H and O–H groups in total. The van der Waals surface area contributed by atoms with Gasteiger partial charge in [0, 0.05) is 18.4 Å². The zero-order valence-electron chi connectivity index (χ0n) is 25.1. The number of Topliss-reactive ketones (excluding diaryl/α,β-unsaturated/α-hetero) is 1. The van der Waals surface area contributed by atoms with Crippen molar-refractivity contribution in [3.05, 3.63) is 107 Å². The molecule has 0 aromatic heterocycles. The summed E-state index contributed by atoms with van der Waals surface area (Å²) < 4.78 is 10.7. The molecule has 44 heavy (non-hydrogen) atoms. The number of carbonyl (C=O) groups excluding carboxylic acids is 4. The highest BCUT2D eigenvalue weighted by molar-refractivity contribution is 6.03. The average molecular weight is 596 g/mol. The lowest BCUT2D eigenvalue weighted by Crippen LogP contribution is -2.57. The van der Waals surface area contributed by atoms with Gasteiger partial charge < -0.3 is 25.4 Å². The second-order valence-corrected chi connectivity index (χ2v) is 11.5. The lowest BCUT2D eigenvalue weighted by Gasteiger charge is -2.25. The molecule has 4 atom stereocenters. The van der Waals surface area contributed by atoms with E-state index in [9.17, 15) is 19.2 Å². The van der Waals surface area contributed by atoms with Gasteiger partial charge in [-0.2, -0.15) is 0 Å². The van der Waals surface area contributed by atoms with E-state index in [0.717, 1.165) is 22.3 Å². The fourth-order valence-electron chi connectivity index (χ4n) is 5.23. The molecule has 3 amide bonds. The number of amides is 3. The van der Waals surface area contributed by atoms with Gasteiger partial charge in [-0.05, 0) is 60.7 Å². The first kappa shape index (κ1) is 30.7. The van der Waals surface area contributed by atoms with Crippen molar-refractivity contribution in [3.63, 3.8) is 0 Å². The fourth-order valence-corrected chi connectivity index (χ4v) is 5.23. The van der Waals surface area contributed by atoms with Gasteiger partial charge in [0.2, 0.25) is 17.7 Å². The molecule has 1 fully saturated rings. The van der Waals surface area contributed by atoms with Crippen LogP contribution in [-0.4, -0.2) is 60.9 Å². The molecule has 1 aliphatic carbocycles. The maximum absolute atomic E-state index is 13.8. The van der Waals surface area contributed by atoms with Crippen LogP contribution in [0.25, 0.3) is 6.08 Å². The third kappa shape index (κ3) is 7.41. The summed E-state index contributed by atoms with van der Waals surface area (Å²) >= 11 is 0. The summed E-state index contributed by atoms with van der Waals surface area (Å²) in [5.74, 6) is -0.946. The molecule has 9 heteroatoms. The second-order valence-electron chi connectivity index (χ2n) is 11.5. The van der Waals surface area contributed by atoms with Crippen LogP contribution >= 0.6 is 0 Å². The third-order valence-corrected chi connectivity index (χ3v) is 8.04. The molecular formula is C35H37N3O6. The second kappa shape index (κ2) is 13.3. The van der Waals surface area contributed by atoms with E-state index in [1.165, 1.54) is 0 Å². The number of hydrogen-bond donors (Lipinski definition) is 3. The first-order valence-electron chi connectivity index (χ1n) is 14.7. The number of methoxy groups -OCH3 is 1. The Morgan fingerprint density at radius 1 is 0.818 bits per heavy atom. The van der Waals surface area contributed by atoms with E-state index in [1.54, 1.807) is 33.1 Å². The quantitative estimate of drug-likeness (QED) is 0.261. The fraction of sp³-hybridized carbons (Fsp3) is 0.314. The Hall–Kier alpha value is -4.76. The smallest absolute Gasteiger partial charge is 0.248 e. The number of benzene rings is 3. The molecule has 1 aliphatic heterocycles. The maximum atomic E-state index is 13.8. The first-order valence-corrected chi connectivity index (χ1v) is 14.7. The van der Waals surface area contributed by atoms with E-state index in [0.29, 0.717) is 17.7 Å². The number of carbonyl (C=O) groups is 4. The summed E-state index contributed by atoms with van der Waals surface area (Å²) in [5, 5.41) is 8.46. The van der Waals surface area contributed by atoms with Gasteiger partial charge in [0.15, 0.2) is 5.78 Å². The molecule has 3 aromatic carbocycles. The number of fused-ring (bicyclic) bond motifs is 1. The van der Waals surface area contributed by atoms with Crippen LogP contribution in [0.4, 0.5) is 0 Å². The van der Waals surface area contributed by atoms with Crippen molar-refractivity contribution < 1.29 is 28.7 Å². The van der Waals surface area contributed by atoms with E-state index in [2.05, 4.69) is 16.0 Å². The zero-order chi connectivity index (χ0) is 31.3. The van der Waals surface area contributed by atoms with E-state index < -0.39 is 35.5 Å². The number of hydrogen-bond acceptors (Lipinski definition) is 6. The molecule has 228 valence electrons. The van der Waals surface area contributed by atoms with Gasteiger partial charge in [-0.1, -0.05) is 66.7 Å². The predicted molar refractivity (Wildman–Crippen MR) is 166 cm³/mol. The Labute approximate surface area is 257 Å². The summed E-state index contributed by atoms with van der Waals surface area (Å²) in [5.41, 5.74) is 3.31. The number of rotatable bonds is 13. The summed E-state index contributed by atoms with van der Waals surface area (Å²) in [6.07, 6.45) is 2.74. The van der Waals surface area contributed by atoms with E-state index in [-0.39, 0.29) is 31.1 Å². The van der Waals surface area contributed by atoms with Gasteiger partial charge in [-0.3, -0.25) is 19.2 Å². The Morgan fingerprint density at radius 2 is 1.43 bits per heavy atom. The molecule has 9 nitrogen and oxygen atoms in total. The Bertz CT molecular complexity index is 1560. The minimum absolute atomic E-state index is 0.155. The summed E-state index contributed by atoms with van der Waals surface area (Å²) in [6, 6.07) is 21.5. The number of epoxide rings is 1. The molecule has 0 saturated carbocycles. The minimum Gasteiger partial charge on any atom is -0.497 e. The highest BCUT2D eigenvalue weighted by Gasteiger charge is 2.50. The van der Waals surface area contributed by atoms with Crippen LogP contribution in [0.5, 0.6) is 5.75 Å². The molecule has 0 unspecified atom stereocenters. The molecule has 3 aromatic rings. The Kier molecular flexibility index (Phi) is 9.25. The van der Waals surface area contributed by atoms with Crippen LogP contribution in [0.2, 0.25) is 0 Å². The largest absolute Gasteiger partial charge is 0.497 e. The third-order valence-electron chi connectivity index (χ3n) is 8.04. The number of nitrogens with one attached hydrogen (secondary N) is 3. The normalized spacial score (nSPS) is 18.6. The predicted octanol–water partition coefficient (Wildman–Crippen LogP) is 2.95. The van der Waals surface area contributed by atoms with E-state index in [1.807, 2.05) is 72.8 Å². The Balaban J connectivity index is 1.30. The van der Waals surface area contributed by atoms with Gasteiger partial charge in [-0.15, -0.1) is 0 Å². The van der Waals surface area contributed by atoms with E-state index in [4.69, 9.17) is 9.47 Å². The van der Waals surface area contributed by atoms with Crippen molar-refractivity contribution >= 4 is 29.6 Å². The van der Waals surface area contributed by atoms with Crippen molar-refractivity contribution in [1.82, 2.24) is 16.0 Å². The molecule has 5 rings (SSSR count). The van der Waals surface area contributed by atoms with Crippen molar-refractivity contribution in [1.29, 1.82) is 0 Å². The highest BCUT2D eigenvalue weighted by Crippen LogP contribution is 2.29. The van der Waals surface area contributed by atoms with Crippen molar-refractivity contribution in [2.45, 2.75) is 56.8 Å². The molecule has 1 saturated heterocycles.